The molecule has 10 heteroatoms. The van der Waals surface area contributed by atoms with Gasteiger partial charge in [0.15, 0.2) is 6.10 Å². The third kappa shape index (κ3) is 58.7. The van der Waals surface area contributed by atoms with Gasteiger partial charge in [0.05, 0.1) is 13.2 Å². The number of esters is 2. The van der Waals surface area contributed by atoms with Crippen molar-refractivity contribution < 1.29 is 37.6 Å². The van der Waals surface area contributed by atoms with Crippen LogP contribution in [-0.4, -0.2) is 49.3 Å². The molecule has 0 aromatic carbocycles. The number of phosphoric acid groups is 1. The number of unbranched alkanes of at least 4 members (excludes halogenated alkanes) is 33. The van der Waals surface area contributed by atoms with Gasteiger partial charge in [-0.3, -0.25) is 18.6 Å². The minimum absolute atomic E-state index is 0.0515. The summed E-state index contributed by atoms with van der Waals surface area (Å²) in [6.45, 7) is 3.67. The zero-order valence-corrected chi connectivity index (χ0v) is 49.0. The van der Waals surface area contributed by atoms with Crippen LogP contribution in [0.15, 0.2) is 72.9 Å². The Hall–Kier alpha value is -2.55. The predicted molar refractivity (Wildman–Crippen MR) is 316 cm³/mol. The maximum atomic E-state index is 12.7. The summed E-state index contributed by atoms with van der Waals surface area (Å²) in [7, 11) is -4.39. The van der Waals surface area contributed by atoms with E-state index in [1.54, 1.807) is 0 Å². The number of nitrogens with two attached hydrogens (primary N) is 1. The molecular weight excluding hydrogens is 942 g/mol. The van der Waals surface area contributed by atoms with E-state index < -0.39 is 26.5 Å². The summed E-state index contributed by atoms with van der Waals surface area (Å²) < 4.78 is 33.1. The Labute approximate surface area is 456 Å². The quantitative estimate of drug-likeness (QED) is 0.0264. The Balaban J connectivity index is 3.95. The highest BCUT2D eigenvalue weighted by molar-refractivity contribution is 7.47. The minimum Gasteiger partial charge on any atom is -0.462 e. The fraction of sp³-hybridized carbons (Fsp3) is 0.781. The van der Waals surface area contributed by atoms with Crippen LogP contribution >= 0.6 is 7.82 Å². The second kappa shape index (κ2) is 59.7. The van der Waals surface area contributed by atoms with Gasteiger partial charge in [0.1, 0.15) is 6.61 Å². The number of carbonyl (C=O) groups is 2. The normalized spacial score (nSPS) is 13.5. The van der Waals surface area contributed by atoms with E-state index in [0.29, 0.717) is 6.42 Å². The highest BCUT2D eigenvalue weighted by atomic mass is 31.2. The van der Waals surface area contributed by atoms with Gasteiger partial charge in [0.25, 0.3) is 0 Å². The Bertz CT molecular complexity index is 1440. The van der Waals surface area contributed by atoms with Gasteiger partial charge in [-0.15, -0.1) is 0 Å². The van der Waals surface area contributed by atoms with E-state index in [2.05, 4.69) is 86.8 Å². The summed E-state index contributed by atoms with van der Waals surface area (Å²) in [6.07, 6.45) is 76.8. The molecular formula is C64H116NO8P. The molecule has 74 heavy (non-hydrogen) atoms. The van der Waals surface area contributed by atoms with Crippen LogP contribution in [0.25, 0.3) is 0 Å². The van der Waals surface area contributed by atoms with Crippen molar-refractivity contribution in [1.29, 1.82) is 0 Å². The molecule has 0 saturated carbocycles. The van der Waals surface area contributed by atoms with E-state index >= 15 is 0 Å². The molecule has 3 N–H and O–H groups in total. The zero-order chi connectivity index (χ0) is 53.8. The Morgan fingerprint density at radius 2 is 0.743 bits per heavy atom. The lowest BCUT2D eigenvalue weighted by Gasteiger charge is -2.19. The summed E-state index contributed by atoms with van der Waals surface area (Å²) in [4.78, 5) is 35.3. The molecule has 0 aliphatic rings. The van der Waals surface area contributed by atoms with Gasteiger partial charge in [-0.05, 0) is 64.2 Å². The second-order valence-electron chi connectivity index (χ2n) is 20.6. The standard InChI is InChI=1S/C64H116NO8P/c1-3-5-7-9-11-13-15-17-19-21-23-25-27-29-30-31-32-33-35-37-39-41-43-45-47-49-51-53-55-57-64(67)73-62(61-72-74(68,69)71-59-58-65)60-70-63(66)56-54-52-50-48-46-44-42-40-38-36-34-28-26-24-22-20-18-16-14-12-10-8-6-4-2/h5,7,11,13,17,19,23,25,29-30,32-33,62H,3-4,6,8-10,12,14-16,18,20-22,24,26-28,31,34-61,65H2,1-2H3,(H,68,69)/b7-5-,13-11-,19-17-,25-23-,30-29-,33-32-. The van der Waals surface area contributed by atoms with Crippen LogP contribution in [0.5, 0.6) is 0 Å². The first-order valence-electron chi connectivity index (χ1n) is 30.9. The average molecular weight is 1060 g/mol. The van der Waals surface area contributed by atoms with Crippen LogP contribution < -0.4 is 5.73 Å². The maximum absolute atomic E-state index is 12.7. The third-order valence-electron chi connectivity index (χ3n) is 13.4. The van der Waals surface area contributed by atoms with Gasteiger partial charge in [-0.25, -0.2) is 4.57 Å². The first-order valence-corrected chi connectivity index (χ1v) is 32.4. The smallest absolute Gasteiger partial charge is 0.462 e. The summed E-state index contributed by atoms with van der Waals surface area (Å²) in [5.41, 5.74) is 5.39. The van der Waals surface area contributed by atoms with Crippen molar-refractivity contribution in [2.24, 2.45) is 5.73 Å². The molecule has 0 heterocycles. The molecule has 0 aromatic heterocycles. The predicted octanol–water partition coefficient (Wildman–Crippen LogP) is 19.7. The van der Waals surface area contributed by atoms with E-state index in [1.807, 2.05) is 0 Å². The van der Waals surface area contributed by atoms with Gasteiger partial charge in [-0.1, -0.05) is 286 Å². The fourth-order valence-electron chi connectivity index (χ4n) is 8.82. The molecule has 2 atom stereocenters. The zero-order valence-electron chi connectivity index (χ0n) is 48.1. The van der Waals surface area contributed by atoms with Crippen LogP contribution in [0.1, 0.15) is 290 Å². The SMILES string of the molecule is CC/C=C\C/C=C\C/C=C\C/C=C\C/C=C\C/C=C\CCCCCCCCCCCCC(=O)OC(COC(=O)CCCCCCCCCCCCCCCCCCCCCCCCCC)COP(=O)(O)OCCN. The van der Waals surface area contributed by atoms with E-state index in [0.717, 1.165) is 83.5 Å². The number of phosphoric ester groups is 1. The van der Waals surface area contributed by atoms with Gasteiger partial charge in [0.2, 0.25) is 0 Å². The largest absolute Gasteiger partial charge is 0.472 e. The first kappa shape index (κ1) is 71.5. The number of hydrogen-bond donors (Lipinski definition) is 2. The Morgan fingerprint density at radius 1 is 0.419 bits per heavy atom. The highest BCUT2D eigenvalue weighted by Gasteiger charge is 2.26. The Kier molecular flexibility index (Phi) is 57.6. The summed E-state index contributed by atoms with van der Waals surface area (Å²) in [5, 5.41) is 0. The lowest BCUT2D eigenvalue weighted by atomic mass is 10.0. The van der Waals surface area contributed by atoms with Crippen molar-refractivity contribution in [3.05, 3.63) is 72.9 Å². The summed E-state index contributed by atoms with van der Waals surface area (Å²) >= 11 is 0. The van der Waals surface area contributed by atoms with E-state index in [1.165, 1.54) is 173 Å². The van der Waals surface area contributed by atoms with Crippen molar-refractivity contribution in [2.45, 2.75) is 296 Å². The Morgan fingerprint density at radius 3 is 1.11 bits per heavy atom. The van der Waals surface area contributed by atoms with Crippen LogP contribution in [0.2, 0.25) is 0 Å². The number of allylic oxidation sites excluding steroid dienone is 12. The van der Waals surface area contributed by atoms with E-state index in [9.17, 15) is 19.0 Å². The lowest BCUT2D eigenvalue weighted by molar-refractivity contribution is -0.161. The number of ether oxygens (including phenoxy) is 2. The van der Waals surface area contributed by atoms with E-state index in [-0.39, 0.29) is 38.6 Å². The molecule has 0 fully saturated rings. The van der Waals surface area contributed by atoms with Crippen molar-refractivity contribution >= 4 is 19.8 Å². The molecule has 0 amide bonds. The van der Waals surface area contributed by atoms with Crippen LogP contribution in [0.4, 0.5) is 0 Å². The van der Waals surface area contributed by atoms with E-state index in [4.69, 9.17) is 24.3 Å². The van der Waals surface area contributed by atoms with Crippen molar-refractivity contribution in [1.82, 2.24) is 0 Å². The van der Waals surface area contributed by atoms with Crippen molar-refractivity contribution in [3.8, 4) is 0 Å². The van der Waals surface area contributed by atoms with Crippen molar-refractivity contribution in [3.63, 3.8) is 0 Å². The molecule has 0 spiro atoms. The first-order chi connectivity index (χ1) is 36.3. The van der Waals surface area contributed by atoms with Gasteiger partial charge in [0, 0.05) is 19.4 Å². The molecule has 0 saturated heterocycles. The molecule has 0 aliphatic carbocycles. The molecule has 0 aliphatic heterocycles. The number of hydrogen-bond acceptors (Lipinski definition) is 8. The van der Waals surface area contributed by atoms with Gasteiger partial charge in [-0.2, -0.15) is 0 Å². The average Bonchev–Trinajstić information content (AvgIpc) is 3.39. The lowest BCUT2D eigenvalue weighted by Crippen LogP contribution is -2.29. The van der Waals surface area contributed by atoms with Crippen LogP contribution in [0, 0.1) is 0 Å². The van der Waals surface area contributed by atoms with Gasteiger partial charge < -0.3 is 20.1 Å². The number of carbonyl (C=O) groups excluding carboxylic acids is 2. The molecule has 2 unspecified atom stereocenters. The molecule has 0 bridgehead atoms. The van der Waals surface area contributed by atoms with Crippen LogP contribution in [0.3, 0.4) is 0 Å². The van der Waals surface area contributed by atoms with Crippen LogP contribution in [-0.2, 0) is 32.7 Å². The number of rotatable bonds is 58. The van der Waals surface area contributed by atoms with Crippen molar-refractivity contribution in [2.75, 3.05) is 26.4 Å². The van der Waals surface area contributed by atoms with Gasteiger partial charge >= 0.3 is 19.8 Å². The minimum atomic E-state index is -4.39. The third-order valence-corrected chi connectivity index (χ3v) is 14.3. The molecule has 0 rings (SSSR count). The molecule has 0 aromatic rings. The second-order valence-corrected chi connectivity index (χ2v) is 22.0. The monoisotopic (exact) mass is 1060 g/mol. The molecule has 430 valence electrons. The maximum Gasteiger partial charge on any atom is 0.472 e. The topological polar surface area (TPSA) is 134 Å². The molecule has 9 nitrogen and oxygen atoms in total. The summed E-state index contributed by atoms with van der Waals surface area (Å²) in [5.74, 6) is -0.823. The fourth-order valence-corrected chi connectivity index (χ4v) is 9.58. The molecule has 0 radical (unpaired) electrons. The summed E-state index contributed by atoms with van der Waals surface area (Å²) in [6, 6.07) is 0. The highest BCUT2D eigenvalue weighted by Crippen LogP contribution is 2.43.